The number of benzene rings is 1. The fourth-order valence-corrected chi connectivity index (χ4v) is 6.56. The Morgan fingerprint density at radius 3 is 1.79 bits per heavy atom. The Bertz CT molecular complexity index is 1870. The fraction of sp³-hybridized carbons (Fsp3) is 0.548. The van der Waals surface area contributed by atoms with E-state index in [0.29, 0.717) is 16.9 Å². The zero-order valence-electron chi connectivity index (χ0n) is 36.4. The maximum Gasteiger partial charge on any atom is 0.327 e. The summed E-state index contributed by atoms with van der Waals surface area (Å²) >= 11 is 0. The summed E-state index contributed by atoms with van der Waals surface area (Å²) < 4.78 is 0. The van der Waals surface area contributed by atoms with E-state index < -0.39 is 132 Å². The second kappa shape index (κ2) is 25.3. The van der Waals surface area contributed by atoms with Crippen molar-refractivity contribution >= 4 is 65.1 Å². The molecule has 0 radical (unpaired) electrons. The molecule has 1 aliphatic rings. The first-order chi connectivity index (χ1) is 29.6. The maximum atomic E-state index is 14.5. The van der Waals surface area contributed by atoms with E-state index in [-0.39, 0.29) is 32.5 Å². The molecule has 2 rings (SSSR count). The molecular formula is C42H60N8O13. The van der Waals surface area contributed by atoms with Crippen molar-refractivity contribution in [1.29, 1.82) is 0 Å². The van der Waals surface area contributed by atoms with Crippen LogP contribution in [0.5, 0.6) is 0 Å². The number of hydrogen-bond donors (Lipinski definition) is 8. The Kier molecular flexibility index (Phi) is 21.1. The first kappa shape index (κ1) is 52.5. The fourth-order valence-electron chi connectivity index (χ4n) is 6.56. The van der Waals surface area contributed by atoms with Gasteiger partial charge in [-0.1, -0.05) is 77.4 Å². The quantitative estimate of drug-likeness (QED) is 0.0449. The van der Waals surface area contributed by atoms with E-state index in [4.69, 9.17) is 5.11 Å². The summed E-state index contributed by atoms with van der Waals surface area (Å²) in [6.07, 6.45) is -0.157. The van der Waals surface area contributed by atoms with Crippen molar-refractivity contribution < 1.29 is 63.0 Å². The Balaban J connectivity index is 2.46. The molecule has 21 heteroatoms. The minimum absolute atomic E-state index is 0.00667. The highest BCUT2D eigenvalue weighted by atomic mass is 16.4. The van der Waals surface area contributed by atoms with Gasteiger partial charge in [0.1, 0.15) is 30.2 Å². The summed E-state index contributed by atoms with van der Waals surface area (Å²) in [5.74, 6) is -11.4. The molecule has 1 heterocycles. The van der Waals surface area contributed by atoms with E-state index >= 15 is 0 Å². The van der Waals surface area contributed by atoms with Crippen LogP contribution in [0.1, 0.15) is 85.6 Å². The molecule has 6 atom stereocenters. The number of carbonyl (C=O) groups is 11. The van der Waals surface area contributed by atoms with Crippen LogP contribution in [0.2, 0.25) is 0 Å². The largest absolute Gasteiger partial charge is 0.481 e. The Hall–Kier alpha value is -6.67. The number of nitrogens with one attached hydrogen (secondary N) is 6. The summed E-state index contributed by atoms with van der Waals surface area (Å²) in [5.41, 5.74) is 0.671. The van der Waals surface area contributed by atoms with Crippen LogP contribution >= 0.6 is 0 Å². The lowest BCUT2D eigenvalue weighted by molar-refractivity contribution is -0.142. The zero-order chi connectivity index (χ0) is 47.6. The van der Waals surface area contributed by atoms with Crippen molar-refractivity contribution in [3.63, 3.8) is 0 Å². The monoisotopic (exact) mass is 884 g/mol. The third kappa shape index (κ3) is 16.3. The van der Waals surface area contributed by atoms with Crippen LogP contribution in [0.3, 0.4) is 0 Å². The van der Waals surface area contributed by atoms with Crippen molar-refractivity contribution in [3.05, 3.63) is 48.6 Å². The van der Waals surface area contributed by atoms with Gasteiger partial charge in [-0.2, -0.15) is 0 Å². The molecule has 0 unspecified atom stereocenters. The highest BCUT2D eigenvalue weighted by Gasteiger charge is 2.48. The summed E-state index contributed by atoms with van der Waals surface area (Å²) in [4.78, 5) is 146. The third-order valence-corrected chi connectivity index (χ3v) is 9.88. The second-order valence-corrected chi connectivity index (χ2v) is 15.7. The molecule has 9 amide bonds. The number of hydrogen-bond acceptors (Lipinski definition) is 11. The van der Waals surface area contributed by atoms with Gasteiger partial charge in [-0.3, -0.25) is 47.9 Å². The number of carboxylic acids is 2. The minimum atomic E-state index is -1.58. The number of carbonyl (C=O) groups excluding carboxylic acids is 9. The van der Waals surface area contributed by atoms with E-state index in [1.54, 1.807) is 65.0 Å². The van der Waals surface area contributed by atoms with E-state index in [1.165, 1.54) is 11.0 Å². The number of imide groups is 1. The van der Waals surface area contributed by atoms with Gasteiger partial charge in [0.25, 0.3) is 11.8 Å². The van der Waals surface area contributed by atoms with Crippen molar-refractivity contribution in [2.24, 2.45) is 11.8 Å². The molecule has 0 bridgehead atoms. The second-order valence-electron chi connectivity index (χ2n) is 15.7. The molecule has 8 N–H and O–H groups in total. The molecule has 346 valence electrons. The molecule has 1 aliphatic heterocycles. The van der Waals surface area contributed by atoms with Gasteiger partial charge >= 0.3 is 18.0 Å². The highest BCUT2D eigenvalue weighted by Crippen LogP contribution is 2.23. The predicted molar refractivity (Wildman–Crippen MR) is 225 cm³/mol. The van der Waals surface area contributed by atoms with Gasteiger partial charge in [-0.25, -0.2) is 9.69 Å². The molecule has 21 nitrogen and oxygen atoms in total. The van der Waals surface area contributed by atoms with Crippen LogP contribution < -0.4 is 31.9 Å². The van der Waals surface area contributed by atoms with E-state index in [2.05, 4.69) is 38.5 Å². The van der Waals surface area contributed by atoms with Crippen LogP contribution in [0.25, 0.3) is 0 Å². The first-order valence-corrected chi connectivity index (χ1v) is 20.6. The van der Waals surface area contributed by atoms with Crippen LogP contribution in [-0.4, -0.2) is 134 Å². The number of carboxylic acid groups (broad SMARTS) is 2. The van der Waals surface area contributed by atoms with Crippen molar-refractivity contribution in [2.45, 2.75) is 123 Å². The SMILES string of the molecule is C=CCNC(=O)C(=O)[C@H](CCC)NC(=O)[C@@H]1CN(Cc2ccccc2)C(=O)N1C(=O)[C@@H](NC(=O)[C@@H](NC(=O)[C@H](CCC(=O)O)NC(=O)[C@H](CCC(=O)O)NC(C)=O)C(C)C)C(C)C. The summed E-state index contributed by atoms with van der Waals surface area (Å²) in [6, 6.07) is -0.880. The molecule has 1 aromatic rings. The van der Waals surface area contributed by atoms with Gasteiger partial charge in [0.05, 0.1) is 12.6 Å². The highest BCUT2D eigenvalue weighted by molar-refractivity contribution is 6.38. The smallest absolute Gasteiger partial charge is 0.327 e. The van der Waals surface area contributed by atoms with E-state index in [9.17, 15) is 57.8 Å². The van der Waals surface area contributed by atoms with Crippen molar-refractivity contribution in [1.82, 2.24) is 41.7 Å². The van der Waals surface area contributed by atoms with Crippen molar-refractivity contribution in [2.75, 3.05) is 13.1 Å². The Morgan fingerprint density at radius 1 is 0.746 bits per heavy atom. The summed E-state index contributed by atoms with van der Waals surface area (Å²) in [7, 11) is 0. The number of ketones is 1. The number of aliphatic carboxylic acids is 2. The molecule has 0 aliphatic carbocycles. The number of rotatable bonds is 26. The van der Waals surface area contributed by atoms with E-state index in [0.717, 1.165) is 6.92 Å². The lowest BCUT2D eigenvalue weighted by Crippen LogP contribution is -2.62. The third-order valence-electron chi connectivity index (χ3n) is 9.88. The molecule has 0 spiro atoms. The average Bonchev–Trinajstić information content (AvgIpc) is 3.54. The van der Waals surface area contributed by atoms with Crippen LogP contribution in [0, 0.1) is 11.8 Å². The lowest BCUT2D eigenvalue weighted by Gasteiger charge is -2.31. The van der Waals surface area contributed by atoms with Gasteiger partial charge in [-0.05, 0) is 36.7 Å². The van der Waals surface area contributed by atoms with Crippen LogP contribution in [0.15, 0.2) is 43.0 Å². The van der Waals surface area contributed by atoms with Crippen molar-refractivity contribution in [3.8, 4) is 0 Å². The van der Waals surface area contributed by atoms with Gasteiger partial charge in [0.15, 0.2) is 0 Å². The predicted octanol–water partition coefficient (Wildman–Crippen LogP) is -0.0237. The summed E-state index contributed by atoms with van der Waals surface area (Å²) in [5, 5.41) is 33.1. The van der Waals surface area contributed by atoms with E-state index in [1.807, 2.05) is 0 Å². The van der Waals surface area contributed by atoms with Crippen LogP contribution in [-0.2, 0) is 54.5 Å². The lowest BCUT2D eigenvalue weighted by atomic mass is 9.98. The van der Waals surface area contributed by atoms with Gasteiger partial charge in [0.2, 0.25) is 35.3 Å². The van der Waals surface area contributed by atoms with Gasteiger partial charge in [0, 0.05) is 32.9 Å². The first-order valence-electron chi connectivity index (χ1n) is 20.6. The molecule has 0 aromatic heterocycles. The molecule has 63 heavy (non-hydrogen) atoms. The molecule has 0 saturated carbocycles. The normalized spacial score (nSPS) is 15.9. The molecule has 1 aromatic carbocycles. The standard InChI is InChI=1S/C42H60N8O13/c1-8-13-27(35(56)40(61)43-20-9-2)45-38(59)30-22-49(21-26-14-11-10-12-15-26)42(63)50(30)41(62)34(24(5)6)48-39(60)33(23(3)4)47-37(58)29(17-19-32(54)55)46-36(57)28(44-25(7)51)16-18-31(52)53/h9-12,14-15,23-24,27-30,33-34H,2,8,13,16-22H2,1,3-7H3,(H,43,61)(H,44,51)(H,45,59)(H,46,57)(H,47,58)(H,48,60)(H,52,53)(H,54,55)/t27-,28-,29-,30-,33-,34-/m0/s1. The number of amides is 9. The molecule has 1 fully saturated rings. The Morgan fingerprint density at radius 2 is 1.29 bits per heavy atom. The minimum Gasteiger partial charge on any atom is -0.481 e. The zero-order valence-corrected chi connectivity index (χ0v) is 36.4. The number of nitrogens with zero attached hydrogens (tertiary/aromatic N) is 2. The molecular weight excluding hydrogens is 825 g/mol. The average molecular weight is 885 g/mol. The Labute approximate surface area is 365 Å². The topological polar surface area (TPSA) is 307 Å². The maximum absolute atomic E-state index is 14.5. The van der Waals surface area contributed by atoms with Gasteiger partial charge < -0.3 is 47.0 Å². The van der Waals surface area contributed by atoms with Gasteiger partial charge in [-0.15, -0.1) is 6.58 Å². The number of Topliss-reactive ketones (excluding diaryl/α,β-unsaturated/α-hetero) is 1. The number of urea groups is 1. The molecule has 1 saturated heterocycles. The summed E-state index contributed by atoms with van der Waals surface area (Å²) in [6.45, 7) is 12.2. The van der Waals surface area contributed by atoms with Crippen LogP contribution in [0.4, 0.5) is 4.79 Å².